The molecule has 0 aliphatic carbocycles. The van der Waals surface area contributed by atoms with Crippen molar-refractivity contribution < 1.29 is 0 Å². The number of aryl methyl sites for hydroxylation is 1. The van der Waals surface area contributed by atoms with Crippen LogP contribution in [0, 0.1) is 3.57 Å². The maximum Gasteiger partial charge on any atom is 0.0731 e. The second-order valence-corrected chi connectivity index (χ2v) is 5.25. The van der Waals surface area contributed by atoms with Gasteiger partial charge in [0.2, 0.25) is 0 Å². The molecule has 1 aromatic heterocycles. The molecule has 1 N–H and O–H groups in total. The summed E-state index contributed by atoms with van der Waals surface area (Å²) in [5, 5.41) is 7.70. The van der Waals surface area contributed by atoms with E-state index >= 15 is 0 Å². The van der Waals surface area contributed by atoms with E-state index in [2.05, 4.69) is 71.1 Å². The van der Waals surface area contributed by atoms with Crippen LogP contribution in [0.3, 0.4) is 0 Å². The predicted molar refractivity (Wildman–Crippen MR) is 79.1 cm³/mol. The fourth-order valence-electron chi connectivity index (χ4n) is 1.70. The van der Waals surface area contributed by atoms with Crippen molar-refractivity contribution in [2.45, 2.75) is 26.4 Å². The number of nitrogens with zero attached hydrogens (tertiary/aromatic N) is 2. The third-order valence-electron chi connectivity index (χ3n) is 2.71. The Bertz CT molecular complexity index is 476. The summed E-state index contributed by atoms with van der Waals surface area (Å²) in [5.74, 6) is 0. The van der Waals surface area contributed by atoms with Crippen molar-refractivity contribution in [1.82, 2.24) is 9.78 Å². The molecule has 2 rings (SSSR count). The maximum atomic E-state index is 4.25. The molecule has 0 saturated carbocycles. The Hall–Kier alpha value is -1.04. The second kappa shape index (κ2) is 5.53. The molecule has 17 heavy (non-hydrogen) atoms. The number of hydrogen-bond donors (Lipinski definition) is 1. The molecule has 1 atom stereocenters. The van der Waals surface area contributed by atoms with Gasteiger partial charge in [-0.1, -0.05) is 12.1 Å². The van der Waals surface area contributed by atoms with E-state index in [-0.39, 0.29) is 0 Å². The third-order valence-corrected chi connectivity index (χ3v) is 3.43. The number of aromatic nitrogens is 2. The molecule has 2 aromatic rings. The van der Waals surface area contributed by atoms with Gasteiger partial charge in [-0.3, -0.25) is 4.68 Å². The highest BCUT2D eigenvalue weighted by Crippen LogP contribution is 2.19. The van der Waals surface area contributed by atoms with Crippen LogP contribution in [0.2, 0.25) is 0 Å². The van der Waals surface area contributed by atoms with Crippen molar-refractivity contribution >= 4 is 28.3 Å². The van der Waals surface area contributed by atoms with Gasteiger partial charge in [-0.15, -0.1) is 0 Å². The lowest BCUT2D eigenvalue weighted by Gasteiger charge is -2.14. The molecule has 1 heterocycles. The quantitative estimate of drug-likeness (QED) is 0.860. The van der Waals surface area contributed by atoms with E-state index in [0.29, 0.717) is 6.04 Å². The number of nitrogens with one attached hydrogen (secondary N) is 1. The summed E-state index contributed by atoms with van der Waals surface area (Å²) in [6.07, 6.45) is 3.90. The molecule has 3 nitrogen and oxygen atoms in total. The molecule has 0 spiro atoms. The molecule has 0 aliphatic heterocycles. The molecule has 1 aromatic carbocycles. The van der Waals surface area contributed by atoms with Crippen LogP contribution in [0.15, 0.2) is 36.7 Å². The number of rotatable bonds is 4. The van der Waals surface area contributed by atoms with E-state index < -0.39 is 0 Å². The first-order chi connectivity index (χ1) is 8.19. The highest BCUT2D eigenvalue weighted by molar-refractivity contribution is 14.1. The lowest BCUT2D eigenvalue weighted by Crippen LogP contribution is -2.05. The zero-order chi connectivity index (χ0) is 12.3. The monoisotopic (exact) mass is 341 g/mol. The molecule has 0 radical (unpaired) electrons. The summed E-state index contributed by atoms with van der Waals surface area (Å²) in [6, 6.07) is 8.86. The topological polar surface area (TPSA) is 29.9 Å². The van der Waals surface area contributed by atoms with Crippen LogP contribution in [0.4, 0.5) is 5.69 Å². The molecule has 0 aliphatic rings. The van der Waals surface area contributed by atoms with Crippen molar-refractivity contribution in [3.05, 3.63) is 45.8 Å². The molecule has 0 amide bonds. The minimum Gasteiger partial charge on any atom is -0.376 e. The van der Waals surface area contributed by atoms with Gasteiger partial charge in [0.15, 0.2) is 0 Å². The van der Waals surface area contributed by atoms with Crippen LogP contribution in [-0.4, -0.2) is 9.78 Å². The van der Waals surface area contributed by atoms with Gasteiger partial charge >= 0.3 is 0 Å². The number of anilines is 1. The minimum absolute atomic E-state index is 0.293. The van der Waals surface area contributed by atoms with Gasteiger partial charge in [0.1, 0.15) is 0 Å². The van der Waals surface area contributed by atoms with Gasteiger partial charge in [0.25, 0.3) is 0 Å². The first-order valence-electron chi connectivity index (χ1n) is 5.73. The van der Waals surface area contributed by atoms with Crippen molar-refractivity contribution in [3.63, 3.8) is 0 Å². The molecule has 4 heteroatoms. The van der Waals surface area contributed by atoms with Gasteiger partial charge in [0.05, 0.1) is 11.9 Å². The van der Waals surface area contributed by atoms with E-state index in [1.165, 1.54) is 9.13 Å². The van der Waals surface area contributed by atoms with E-state index in [9.17, 15) is 0 Å². The van der Waals surface area contributed by atoms with Crippen molar-refractivity contribution in [3.8, 4) is 0 Å². The largest absolute Gasteiger partial charge is 0.376 e. The first-order valence-corrected chi connectivity index (χ1v) is 6.81. The summed E-state index contributed by atoms with van der Waals surface area (Å²) in [6.45, 7) is 5.14. The Morgan fingerprint density at radius 3 is 2.65 bits per heavy atom. The standard InChI is InChI=1S/C13H16IN3/c1-3-17-9-13(8-15-17)16-10(2)11-4-6-12(14)7-5-11/h4-10,16H,3H2,1-2H3. The SMILES string of the molecule is CCn1cc(NC(C)c2ccc(I)cc2)cn1. The van der Waals surface area contributed by atoms with Gasteiger partial charge in [-0.2, -0.15) is 5.10 Å². The minimum atomic E-state index is 0.293. The smallest absolute Gasteiger partial charge is 0.0731 e. The van der Waals surface area contributed by atoms with E-state index in [0.717, 1.165) is 12.2 Å². The zero-order valence-corrected chi connectivity index (χ0v) is 12.2. The van der Waals surface area contributed by atoms with Crippen molar-refractivity contribution in [2.24, 2.45) is 0 Å². The van der Waals surface area contributed by atoms with E-state index in [4.69, 9.17) is 0 Å². The Morgan fingerprint density at radius 2 is 2.06 bits per heavy atom. The highest BCUT2D eigenvalue weighted by atomic mass is 127. The number of halogens is 1. The van der Waals surface area contributed by atoms with Crippen LogP contribution in [0.25, 0.3) is 0 Å². The molecule has 0 bridgehead atoms. The fourth-order valence-corrected chi connectivity index (χ4v) is 2.06. The van der Waals surface area contributed by atoms with E-state index in [1.54, 1.807) is 0 Å². The molecular weight excluding hydrogens is 325 g/mol. The summed E-state index contributed by atoms with van der Waals surface area (Å²) in [5.41, 5.74) is 2.35. The Morgan fingerprint density at radius 1 is 1.35 bits per heavy atom. The van der Waals surface area contributed by atoms with E-state index in [1.807, 2.05) is 17.1 Å². The molecular formula is C13H16IN3. The second-order valence-electron chi connectivity index (χ2n) is 4.00. The van der Waals surface area contributed by atoms with Crippen molar-refractivity contribution in [2.75, 3.05) is 5.32 Å². The summed E-state index contributed by atoms with van der Waals surface area (Å²) in [4.78, 5) is 0. The van der Waals surface area contributed by atoms with Crippen LogP contribution in [0.5, 0.6) is 0 Å². The van der Waals surface area contributed by atoms with Crippen LogP contribution < -0.4 is 5.32 Å². The highest BCUT2D eigenvalue weighted by Gasteiger charge is 2.06. The predicted octanol–water partition coefficient (Wildman–Crippen LogP) is 3.68. The first kappa shape index (κ1) is 12.4. The molecule has 90 valence electrons. The maximum absolute atomic E-state index is 4.25. The number of hydrogen-bond acceptors (Lipinski definition) is 2. The average Bonchev–Trinajstić information content (AvgIpc) is 2.77. The van der Waals surface area contributed by atoms with Crippen LogP contribution in [-0.2, 0) is 6.54 Å². The Balaban J connectivity index is 2.05. The number of benzene rings is 1. The Kier molecular flexibility index (Phi) is 4.04. The van der Waals surface area contributed by atoms with Gasteiger partial charge in [-0.25, -0.2) is 0 Å². The lowest BCUT2D eigenvalue weighted by molar-refractivity contribution is 0.660. The van der Waals surface area contributed by atoms with Crippen LogP contribution >= 0.6 is 22.6 Å². The lowest BCUT2D eigenvalue weighted by atomic mass is 10.1. The molecule has 0 saturated heterocycles. The van der Waals surface area contributed by atoms with Gasteiger partial charge < -0.3 is 5.32 Å². The fraction of sp³-hybridized carbons (Fsp3) is 0.308. The summed E-state index contributed by atoms with van der Waals surface area (Å²) >= 11 is 2.32. The van der Waals surface area contributed by atoms with Crippen LogP contribution in [0.1, 0.15) is 25.5 Å². The summed E-state index contributed by atoms with van der Waals surface area (Å²) < 4.78 is 3.18. The summed E-state index contributed by atoms with van der Waals surface area (Å²) in [7, 11) is 0. The molecule has 0 fully saturated rings. The zero-order valence-electron chi connectivity index (χ0n) is 10.0. The van der Waals surface area contributed by atoms with Crippen molar-refractivity contribution in [1.29, 1.82) is 0 Å². The molecule has 1 unspecified atom stereocenters. The third kappa shape index (κ3) is 3.21. The average molecular weight is 341 g/mol. The normalized spacial score (nSPS) is 12.4. The Labute approximate surface area is 115 Å². The van der Waals surface area contributed by atoms with Gasteiger partial charge in [0, 0.05) is 22.4 Å². The van der Waals surface area contributed by atoms with Gasteiger partial charge in [-0.05, 0) is 54.1 Å².